The van der Waals surface area contributed by atoms with E-state index < -0.39 is 0 Å². The average Bonchev–Trinajstić information content (AvgIpc) is 3.22. The number of anilines is 1. The van der Waals surface area contributed by atoms with Gasteiger partial charge in [0.25, 0.3) is 0 Å². The molecule has 2 aromatic heterocycles. The number of furan rings is 1. The molecule has 1 aliphatic heterocycles. The summed E-state index contributed by atoms with van der Waals surface area (Å²) >= 11 is 0. The summed E-state index contributed by atoms with van der Waals surface area (Å²) in [6, 6.07) is 7.69. The molecule has 0 aliphatic carbocycles. The summed E-state index contributed by atoms with van der Waals surface area (Å²) in [4.78, 5) is 29.0. The van der Waals surface area contributed by atoms with E-state index in [2.05, 4.69) is 15.2 Å². The number of aromatic nitrogens is 1. The number of rotatable bonds is 5. The van der Waals surface area contributed by atoms with E-state index in [-0.39, 0.29) is 17.7 Å². The van der Waals surface area contributed by atoms with Gasteiger partial charge in [-0.1, -0.05) is 0 Å². The molecule has 126 valence electrons. The Labute approximate surface area is 140 Å². The lowest BCUT2D eigenvalue weighted by Crippen LogP contribution is -2.23. The summed E-state index contributed by atoms with van der Waals surface area (Å²) in [5.41, 5.74) is 0.616. The second-order valence-electron chi connectivity index (χ2n) is 6.03. The molecular weight excluding hydrogens is 306 g/mol. The Balaban J connectivity index is 1.75. The summed E-state index contributed by atoms with van der Waals surface area (Å²) in [7, 11) is 0. The number of hydrogen-bond donors (Lipinski definition) is 1. The molecule has 0 radical (unpaired) electrons. The lowest BCUT2D eigenvalue weighted by molar-refractivity contribution is -0.119. The van der Waals surface area contributed by atoms with Crippen molar-refractivity contribution in [2.24, 2.45) is 0 Å². The third-order valence-corrected chi connectivity index (χ3v) is 4.22. The molecule has 0 saturated carbocycles. The van der Waals surface area contributed by atoms with Crippen LogP contribution in [0, 0.1) is 0 Å². The number of carbonyl (C=O) groups is 2. The first-order valence-corrected chi connectivity index (χ1v) is 8.11. The molecule has 1 aliphatic rings. The zero-order valence-corrected chi connectivity index (χ0v) is 13.9. The maximum absolute atomic E-state index is 11.4. The molecule has 0 aromatic carbocycles. The molecule has 1 fully saturated rings. The van der Waals surface area contributed by atoms with Gasteiger partial charge in [-0.25, -0.2) is 4.98 Å². The first-order valence-electron chi connectivity index (χ1n) is 8.11. The van der Waals surface area contributed by atoms with Gasteiger partial charge in [-0.2, -0.15) is 0 Å². The Hall–Kier alpha value is -2.63. The smallest absolute Gasteiger partial charge is 0.217 e. The molecule has 1 N–H and O–H groups in total. The number of amides is 1. The van der Waals surface area contributed by atoms with Gasteiger partial charge in [0.05, 0.1) is 12.6 Å². The largest absolute Gasteiger partial charge is 0.462 e. The van der Waals surface area contributed by atoms with Crippen molar-refractivity contribution in [3.05, 3.63) is 47.5 Å². The molecule has 6 heteroatoms. The highest BCUT2D eigenvalue weighted by molar-refractivity contribution is 5.93. The first kappa shape index (κ1) is 16.2. The summed E-state index contributed by atoms with van der Waals surface area (Å²) in [6.07, 6.45) is 3.67. The van der Waals surface area contributed by atoms with Crippen LogP contribution in [-0.4, -0.2) is 23.2 Å². The minimum Gasteiger partial charge on any atom is -0.462 e. The van der Waals surface area contributed by atoms with Crippen LogP contribution in [-0.2, 0) is 11.3 Å². The van der Waals surface area contributed by atoms with Gasteiger partial charge in [-0.3, -0.25) is 9.59 Å². The summed E-state index contributed by atoms with van der Waals surface area (Å²) in [5.74, 6) is 2.41. The van der Waals surface area contributed by atoms with Gasteiger partial charge in [-0.15, -0.1) is 0 Å². The molecule has 2 aromatic rings. The fourth-order valence-corrected chi connectivity index (χ4v) is 2.98. The van der Waals surface area contributed by atoms with Crippen LogP contribution < -0.4 is 10.2 Å². The van der Waals surface area contributed by atoms with Crippen molar-refractivity contribution < 1.29 is 14.0 Å². The lowest BCUT2D eigenvalue weighted by atomic mass is 10.1. The third-order valence-electron chi connectivity index (χ3n) is 4.22. The minimum atomic E-state index is -0.0785. The zero-order valence-electron chi connectivity index (χ0n) is 13.9. The molecule has 1 saturated heterocycles. The van der Waals surface area contributed by atoms with Crippen LogP contribution >= 0.6 is 0 Å². The standard InChI is InChI=1S/C18H21N3O3/c1-12(22)14-5-8-18(20-10-14)21-9-3-4-16(21)17-7-6-15(24-17)11-19-13(2)23/h5-8,10,16H,3-4,9,11H2,1-2H3,(H,19,23)/t16-/m1/s1. The molecular formula is C18H21N3O3. The molecule has 3 rings (SSSR count). The Morgan fingerprint density at radius 3 is 2.79 bits per heavy atom. The van der Waals surface area contributed by atoms with Gasteiger partial charge in [0.15, 0.2) is 5.78 Å². The number of hydrogen-bond acceptors (Lipinski definition) is 5. The highest BCUT2D eigenvalue weighted by Crippen LogP contribution is 2.36. The minimum absolute atomic E-state index is 0.0145. The molecule has 24 heavy (non-hydrogen) atoms. The van der Waals surface area contributed by atoms with Crippen molar-refractivity contribution in [3.8, 4) is 0 Å². The molecule has 1 atom stereocenters. The van der Waals surface area contributed by atoms with E-state index >= 15 is 0 Å². The Bertz CT molecular complexity index is 736. The van der Waals surface area contributed by atoms with Crippen molar-refractivity contribution in [2.75, 3.05) is 11.4 Å². The van der Waals surface area contributed by atoms with Crippen LogP contribution in [0.1, 0.15) is 54.6 Å². The second-order valence-corrected chi connectivity index (χ2v) is 6.03. The van der Waals surface area contributed by atoms with Crippen LogP contribution in [0.3, 0.4) is 0 Å². The van der Waals surface area contributed by atoms with E-state index in [1.54, 1.807) is 6.20 Å². The third kappa shape index (κ3) is 3.48. The van der Waals surface area contributed by atoms with Crippen LogP contribution in [0.25, 0.3) is 0 Å². The fraction of sp³-hybridized carbons (Fsp3) is 0.389. The van der Waals surface area contributed by atoms with Gasteiger partial charge < -0.3 is 14.6 Å². The summed E-state index contributed by atoms with van der Waals surface area (Å²) < 4.78 is 5.89. The Kier molecular flexibility index (Phi) is 4.64. The normalized spacial score (nSPS) is 17.1. The van der Waals surface area contributed by atoms with Crippen LogP contribution in [0.15, 0.2) is 34.9 Å². The predicted molar refractivity (Wildman–Crippen MR) is 89.8 cm³/mol. The van der Waals surface area contributed by atoms with Gasteiger partial charge in [-0.05, 0) is 44.0 Å². The molecule has 1 amide bonds. The number of pyridine rings is 1. The topological polar surface area (TPSA) is 75.4 Å². The van der Waals surface area contributed by atoms with Crippen LogP contribution in [0.4, 0.5) is 5.82 Å². The second kappa shape index (κ2) is 6.86. The number of nitrogens with zero attached hydrogens (tertiary/aromatic N) is 2. The van der Waals surface area contributed by atoms with E-state index in [9.17, 15) is 9.59 Å². The molecule has 3 heterocycles. The number of Topliss-reactive ketones (excluding diaryl/α,β-unsaturated/α-hetero) is 1. The molecule has 0 unspecified atom stereocenters. The first-order chi connectivity index (χ1) is 11.5. The van der Waals surface area contributed by atoms with Crippen LogP contribution in [0.5, 0.6) is 0 Å². The Morgan fingerprint density at radius 1 is 1.29 bits per heavy atom. The van der Waals surface area contributed by atoms with E-state index in [0.29, 0.717) is 12.1 Å². The van der Waals surface area contributed by atoms with E-state index in [0.717, 1.165) is 36.7 Å². The number of carbonyl (C=O) groups excluding carboxylic acids is 2. The van der Waals surface area contributed by atoms with E-state index in [1.807, 2.05) is 24.3 Å². The average molecular weight is 327 g/mol. The highest BCUT2D eigenvalue weighted by atomic mass is 16.3. The van der Waals surface area contributed by atoms with Crippen molar-refractivity contribution >= 4 is 17.5 Å². The van der Waals surface area contributed by atoms with Gasteiger partial charge in [0.1, 0.15) is 17.3 Å². The van der Waals surface area contributed by atoms with Crippen molar-refractivity contribution in [3.63, 3.8) is 0 Å². The van der Waals surface area contributed by atoms with Gasteiger partial charge >= 0.3 is 0 Å². The van der Waals surface area contributed by atoms with Crippen LogP contribution in [0.2, 0.25) is 0 Å². The van der Waals surface area contributed by atoms with Gasteiger partial charge in [0, 0.05) is 25.2 Å². The van der Waals surface area contributed by atoms with Crippen molar-refractivity contribution in [1.82, 2.24) is 10.3 Å². The maximum Gasteiger partial charge on any atom is 0.217 e. The molecule has 6 nitrogen and oxygen atoms in total. The van der Waals surface area contributed by atoms with Gasteiger partial charge in [0.2, 0.25) is 5.91 Å². The quantitative estimate of drug-likeness (QED) is 0.855. The SMILES string of the molecule is CC(=O)NCc1ccc([C@H]2CCCN2c2ccc(C(C)=O)cn2)o1. The Morgan fingerprint density at radius 2 is 2.12 bits per heavy atom. The fourth-order valence-electron chi connectivity index (χ4n) is 2.98. The highest BCUT2D eigenvalue weighted by Gasteiger charge is 2.29. The number of ketones is 1. The molecule has 0 bridgehead atoms. The zero-order chi connectivity index (χ0) is 17.1. The lowest BCUT2D eigenvalue weighted by Gasteiger charge is -2.24. The maximum atomic E-state index is 11.4. The van der Waals surface area contributed by atoms with E-state index in [4.69, 9.17) is 4.42 Å². The van der Waals surface area contributed by atoms with E-state index in [1.165, 1.54) is 13.8 Å². The number of nitrogens with one attached hydrogen (secondary N) is 1. The predicted octanol–water partition coefficient (Wildman–Crippen LogP) is 2.85. The monoisotopic (exact) mass is 327 g/mol. The van der Waals surface area contributed by atoms with Crippen molar-refractivity contribution in [1.29, 1.82) is 0 Å². The molecule has 0 spiro atoms. The van der Waals surface area contributed by atoms with Crippen molar-refractivity contribution in [2.45, 2.75) is 39.3 Å². The summed E-state index contributed by atoms with van der Waals surface area (Å²) in [6.45, 7) is 4.32. The summed E-state index contributed by atoms with van der Waals surface area (Å²) in [5, 5.41) is 2.73.